The molecule has 1 aromatic rings. The zero-order valence-electron chi connectivity index (χ0n) is 7.46. The van der Waals surface area contributed by atoms with Crippen molar-refractivity contribution in [3.05, 3.63) is 29.8 Å². The van der Waals surface area contributed by atoms with Crippen molar-refractivity contribution in [2.75, 3.05) is 5.88 Å². The van der Waals surface area contributed by atoms with Gasteiger partial charge in [-0.25, -0.2) is 4.79 Å². The van der Waals surface area contributed by atoms with E-state index in [0.717, 1.165) is 5.56 Å². The summed E-state index contributed by atoms with van der Waals surface area (Å²) in [7, 11) is 0. The molecule has 0 atom stereocenters. The van der Waals surface area contributed by atoms with Crippen LogP contribution in [0.5, 0.6) is 0 Å². The predicted molar refractivity (Wildman–Crippen MR) is 56.4 cm³/mol. The smallest absolute Gasteiger partial charge is 0.211 e. The van der Waals surface area contributed by atoms with Gasteiger partial charge in [0, 0.05) is 17.9 Å². The van der Waals surface area contributed by atoms with E-state index in [2.05, 4.69) is 16.8 Å². The highest BCUT2D eigenvalue weighted by Gasteiger charge is 1.89. The van der Waals surface area contributed by atoms with E-state index < -0.39 is 0 Å². The van der Waals surface area contributed by atoms with Crippen LogP contribution in [-0.2, 0) is 4.79 Å². The largest absolute Gasteiger partial charge is 0.240 e. The lowest BCUT2D eigenvalue weighted by Crippen LogP contribution is -1.74. The van der Waals surface area contributed by atoms with Crippen LogP contribution in [0, 0.1) is 11.8 Å². The highest BCUT2D eigenvalue weighted by atomic mass is 35.5. The standard InChI is InChI=1S/C11H8ClNO/c12-7-2-1-4-10-5-3-6-11(8-10)13-9-14/h3,5-6,8H,2,7H2. The molecule has 0 saturated carbocycles. The minimum absolute atomic E-state index is 0.527. The minimum atomic E-state index is 0.527. The van der Waals surface area contributed by atoms with Crippen molar-refractivity contribution in [3.8, 4) is 11.8 Å². The summed E-state index contributed by atoms with van der Waals surface area (Å²) in [4.78, 5) is 13.5. The Kier molecular flexibility index (Phi) is 4.50. The van der Waals surface area contributed by atoms with E-state index in [9.17, 15) is 4.79 Å². The molecular formula is C11H8ClNO. The lowest BCUT2D eigenvalue weighted by molar-refractivity contribution is 0.565. The number of aliphatic imine (C=N–C) groups is 1. The van der Waals surface area contributed by atoms with Crippen LogP contribution in [0.15, 0.2) is 29.3 Å². The van der Waals surface area contributed by atoms with Crippen LogP contribution in [0.25, 0.3) is 0 Å². The zero-order chi connectivity index (χ0) is 10.2. The van der Waals surface area contributed by atoms with E-state index >= 15 is 0 Å². The number of benzene rings is 1. The van der Waals surface area contributed by atoms with E-state index in [1.165, 1.54) is 6.08 Å². The summed E-state index contributed by atoms with van der Waals surface area (Å²) >= 11 is 5.48. The Morgan fingerprint density at radius 3 is 3.00 bits per heavy atom. The second-order valence-electron chi connectivity index (χ2n) is 2.49. The SMILES string of the molecule is O=C=Nc1cccc(C#CCCCl)c1. The van der Waals surface area contributed by atoms with Gasteiger partial charge in [0.15, 0.2) is 0 Å². The molecule has 3 heteroatoms. The fourth-order valence-electron chi connectivity index (χ4n) is 0.918. The number of hydrogen-bond acceptors (Lipinski definition) is 2. The maximum atomic E-state index is 10.0. The van der Waals surface area contributed by atoms with Gasteiger partial charge in [-0.3, -0.25) is 0 Å². The maximum absolute atomic E-state index is 10.0. The van der Waals surface area contributed by atoms with Gasteiger partial charge in [0.2, 0.25) is 6.08 Å². The van der Waals surface area contributed by atoms with E-state index in [1.807, 2.05) is 6.07 Å². The second-order valence-corrected chi connectivity index (χ2v) is 2.87. The van der Waals surface area contributed by atoms with Crippen molar-refractivity contribution >= 4 is 23.4 Å². The monoisotopic (exact) mass is 205 g/mol. The first-order chi connectivity index (χ1) is 6.86. The van der Waals surface area contributed by atoms with Crippen molar-refractivity contribution in [1.29, 1.82) is 0 Å². The Hall–Kier alpha value is -1.55. The average Bonchev–Trinajstić information content (AvgIpc) is 2.19. The van der Waals surface area contributed by atoms with Crippen LogP contribution in [0.2, 0.25) is 0 Å². The van der Waals surface area contributed by atoms with Crippen LogP contribution >= 0.6 is 11.6 Å². The molecule has 0 spiro atoms. The third kappa shape index (κ3) is 3.45. The summed E-state index contributed by atoms with van der Waals surface area (Å²) in [5.74, 6) is 6.35. The maximum Gasteiger partial charge on any atom is 0.240 e. The summed E-state index contributed by atoms with van der Waals surface area (Å²) in [6.45, 7) is 0. The van der Waals surface area contributed by atoms with Crippen molar-refractivity contribution in [2.24, 2.45) is 4.99 Å². The van der Waals surface area contributed by atoms with Gasteiger partial charge in [0.1, 0.15) is 0 Å². The van der Waals surface area contributed by atoms with Gasteiger partial charge in [-0.1, -0.05) is 17.9 Å². The predicted octanol–water partition coefficient (Wildman–Crippen LogP) is 2.63. The van der Waals surface area contributed by atoms with Crippen LogP contribution in [0.4, 0.5) is 5.69 Å². The molecule has 0 aromatic heterocycles. The molecule has 0 aliphatic carbocycles. The van der Waals surface area contributed by atoms with Crippen LogP contribution in [0.3, 0.4) is 0 Å². The Morgan fingerprint density at radius 2 is 2.29 bits per heavy atom. The van der Waals surface area contributed by atoms with E-state index in [-0.39, 0.29) is 0 Å². The number of carbonyl (C=O) groups excluding carboxylic acids is 1. The Balaban J connectivity index is 2.84. The molecule has 14 heavy (non-hydrogen) atoms. The summed E-state index contributed by atoms with van der Waals surface area (Å²) in [5, 5.41) is 0. The quantitative estimate of drug-likeness (QED) is 0.316. The molecule has 0 N–H and O–H groups in total. The Labute approximate surface area is 87.6 Å². The normalized spacial score (nSPS) is 8.36. The summed E-state index contributed by atoms with van der Waals surface area (Å²) in [5.41, 5.74) is 1.39. The molecule has 1 aromatic carbocycles. The van der Waals surface area contributed by atoms with Gasteiger partial charge in [-0.05, 0) is 18.2 Å². The van der Waals surface area contributed by atoms with Crippen molar-refractivity contribution in [2.45, 2.75) is 6.42 Å². The fraction of sp³-hybridized carbons (Fsp3) is 0.182. The van der Waals surface area contributed by atoms with Crippen molar-refractivity contribution in [3.63, 3.8) is 0 Å². The first-order valence-corrected chi connectivity index (χ1v) is 4.63. The van der Waals surface area contributed by atoms with Crippen molar-refractivity contribution < 1.29 is 4.79 Å². The number of halogens is 1. The van der Waals surface area contributed by atoms with Crippen LogP contribution < -0.4 is 0 Å². The number of hydrogen-bond donors (Lipinski definition) is 0. The van der Waals surface area contributed by atoms with Gasteiger partial charge in [-0.15, -0.1) is 11.6 Å². The summed E-state index contributed by atoms with van der Waals surface area (Å²) in [6, 6.07) is 7.09. The summed E-state index contributed by atoms with van der Waals surface area (Å²) < 4.78 is 0. The molecule has 70 valence electrons. The molecule has 0 amide bonds. The molecular weight excluding hydrogens is 198 g/mol. The molecule has 0 aliphatic heterocycles. The molecule has 1 rings (SSSR count). The zero-order valence-corrected chi connectivity index (χ0v) is 8.21. The average molecular weight is 206 g/mol. The van der Waals surface area contributed by atoms with E-state index in [0.29, 0.717) is 18.0 Å². The molecule has 0 unspecified atom stereocenters. The number of isocyanates is 1. The molecule has 0 fully saturated rings. The topological polar surface area (TPSA) is 29.4 Å². The molecule has 0 saturated heterocycles. The lowest BCUT2D eigenvalue weighted by Gasteiger charge is -1.91. The van der Waals surface area contributed by atoms with Crippen LogP contribution in [-0.4, -0.2) is 12.0 Å². The Morgan fingerprint density at radius 1 is 1.43 bits per heavy atom. The third-order valence-corrected chi connectivity index (χ3v) is 1.66. The van der Waals surface area contributed by atoms with E-state index in [1.54, 1.807) is 18.2 Å². The molecule has 0 aliphatic rings. The molecule has 0 radical (unpaired) electrons. The molecule has 0 bridgehead atoms. The van der Waals surface area contributed by atoms with Gasteiger partial charge in [0.25, 0.3) is 0 Å². The highest BCUT2D eigenvalue weighted by molar-refractivity contribution is 6.18. The van der Waals surface area contributed by atoms with E-state index in [4.69, 9.17) is 11.6 Å². The molecule has 0 heterocycles. The number of alkyl halides is 1. The van der Waals surface area contributed by atoms with Gasteiger partial charge >= 0.3 is 0 Å². The highest BCUT2D eigenvalue weighted by Crippen LogP contribution is 2.12. The molecule has 2 nitrogen and oxygen atoms in total. The number of nitrogens with zero attached hydrogens (tertiary/aromatic N) is 1. The lowest BCUT2D eigenvalue weighted by atomic mass is 10.2. The first kappa shape index (κ1) is 10.5. The van der Waals surface area contributed by atoms with Gasteiger partial charge in [-0.2, -0.15) is 4.99 Å². The van der Waals surface area contributed by atoms with Gasteiger partial charge in [0.05, 0.1) is 5.69 Å². The second kappa shape index (κ2) is 5.99. The first-order valence-electron chi connectivity index (χ1n) is 4.09. The van der Waals surface area contributed by atoms with Crippen LogP contribution in [0.1, 0.15) is 12.0 Å². The third-order valence-electron chi connectivity index (χ3n) is 1.47. The fourth-order valence-corrected chi connectivity index (χ4v) is 1.01. The minimum Gasteiger partial charge on any atom is -0.211 e. The van der Waals surface area contributed by atoms with Crippen molar-refractivity contribution in [1.82, 2.24) is 0 Å². The summed E-state index contributed by atoms with van der Waals surface area (Å²) in [6.07, 6.45) is 2.14. The number of rotatable bonds is 2. The van der Waals surface area contributed by atoms with Gasteiger partial charge < -0.3 is 0 Å². The Bertz CT molecular complexity index is 411.